The van der Waals surface area contributed by atoms with E-state index in [1.54, 1.807) is 0 Å². The van der Waals surface area contributed by atoms with Crippen LogP contribution in [0.1, 0.15) is 31.8 Å². The maximum Gasteiger partial charge on any atom is 0.135 e. The Morgan fingerprint density at radius 1 is 1.41 bits per heavy atom. The molecule has 1 N–H and O–H groups in total. The standard InChI is InChI=1S/C11H17N5S/c1-3-5-10-13-6-7-16(10)8-9-11(12-4-2)17-15-14-9/h6-7,12H,3-5,8H2,1-2H3. The minimum Gasteiger partial charge on any atom is -0.374 e. The van der Waals surface area contributed by atoms with Crippen molar-refractivity contribution in [3.8, 4) is 0 Å². The third-order valence-electron chi connectivity index (χ3n) is 2.49. The number of anilines is 1. The summed E-state index contributed by atoms with van der Waals surface area (Å²) < 4.78 is 6.13. The summed E-state index contributed by atoms with van der Waals surface area (Å²) >= 11 is 1.41. The second kappa shape index (κ2) is 5.77. The van der Waals surface area contributed by atoms with E-state index in [1.807, 2.05) is 12.4 Å². The Morgan fingerprint density at radius 2 is 2.29 bits per heavy atom. The van der Waals surface area contributed by atoms with Gasteiger partial charge >= 0.3 is 0 Å². The first kappa shape index (κ1) is 12.0. The largest absolute Gasteiger partial charge is 0.374 e. The maximum absolute atomic E-state index is 4.36. The first-order valence-corrected chi connectivity index (χ1v) is 6.67. The Hall–Kier alpha value is -1.43. The van der Waals surface area contributed by atoms with Crippen LogP contribution in [0, 0.1) is 0 Å². The predicted molar refractivity (Wildman–Crippen MR) is 69.4 cm³/mol. The molecule has 0 saturated carbocycles. The van der Waals surface area contributed by atoms with Crippen molar-refractivity contribution in [3.05, 3.63) is 23.9 Å². The second-order valence-electron chi connectivity index (χ2n) is 3.80. The van der Waals surface area contributed by atoms with E-state index in [9.17, 15) is 0 Å². The number of hydrogen-bond acceptors (Lipinski definition) is 5. The van der Waals surface area contributed by atoms with Crippen LogP contribution >= 0.6 is 11.5 Å². The lowest BCUT2D eigenvalue weighted by Gasteiger charge is -2.06. The Balaban J connectivity index is 2.13. The van der Waals surface area contributed by atoms with Gasteiger partial charge in [-0.15, -0.1) is 5.10 Å². The first-order chi connectivity index (χ1) is 8.35. The number of nitrogens with zero attached hydrogens (tertiary/aromatic N) is 4. The van der Waals surface area contributed by atoms with Crippen molar-refractivity contribution in [2.45, 2.75) is 33.2 Å². The molecule has 17 heavy (non-hydrogen) atoms. The molecule has 0 saturated heterocycles. The molecule has 0 bridgehead atoms. The lowest BCUT2D eigenvalue weighted by atomic mass is 10.3. The van der Waals surface area contributed by atoms with E-state index in [2.05, 4.69) is 38.3 Å². The van der Waals surface area contributed by atoms with E-state index in [0.717, 1.165) is 42.5 Å². The molecule has 0 spiro atoms. The molecule has 92 valence electrons. The number of rotatable bonds is 6. The minimum absolute atomic E-state index is 0.744. The van der Waals surface area contributed by atoms with Crippen LogP contribution in [0.15, 0.2) is 12.4 Å². The summed E-state index contributed by atoms with van der Waals surface area (Å²) in [6.45, 7) is 5.87. The van der Waals surface area contributed by atoms with E-state index in [4.69, 9.17) is 0 Å². The number of nitrogens with one attached hydrogen (secondary N) is 1. The average Bonchev–Trinajstić information content (AvgIpc) is 2.92. The van der Waals surface area contributed by atoms with E-state index < -0.39 is 0 Å². The fourth-order valence-electron chi connectivity index (χ4n) is 1.70. The maximum atomic E-state index is 4.36. The molecule has 0 aliphatic rings. The van der Waals surface area contributed by atoms with Crippen LogP contribution in [0.3, 0.4) is 0 Å². The number of hydrogen-bond donors (Lipinski definition) is 1. The summed E-state index contributed by atoms with van der Waals surface area (Å²) in [5.74, 6) is 1.11. The van der Waals surface area contributed by atoms with Crippen molar-refractivity contribution in [1.29, 1.82) is 0 Å². The fraction of sp³-hybridized carbons (Fsp3) is 0.545. The van der Waals surface area contributed by atoms with Gasteiger partial charge in [0, 0.05) is 36.9 Å². The molecule has 2 heterocycles. The fourth-order valence-corrected chi connectivity index (χ4v) is 2.34. The molecule has 2 aromatic heterocycles. The molecule has 0 unspecified atom stereocenters. The van der Waals surface area contributed by atoms with Gasteiger partial charge < -0.3 is 9.88 Å². The van der Waals surface area contributed by atoms with Gasteiger partial charge in [-0.1, -0.05) is 11.4 Å². The van der Waals surface area contributed by atoms with Crippen molar-refractivity contribution in [3.63, 3.8) is 0 Å². The second-order valence-corrected chi connectivity index (χ2v) is 4.55. The third kappa shape index (κ3) is 2.82. The first-order valence-electron chi connectivity index (χ1n) is 5.90. The number of aromatic nitrogens is 4. The zero-order valence-corrected chi connectivity index (χ0v) is 11.0. The van der Waals surface area contributed by atoms with Crippen molar-refractivity contribution >= 4 is 16.5 Å². The average molecular weight is 251 g/mol. The topological polar surface area (TPSA) is 55.6 Å². The Morgan fingerprint density at radius 3 is 3.06 bits per heavy atom. The van der Waals surface area contributed by atoms with Gasteiger partial charge in [-0.2, -0.15) is 0 Å². The Bertz CT molecular complexity index is 420. The normalized spacial score (nSPS) is 10.7. The van der Waals surface area contributed by atoms with E-state index in [0.29, 0.717) is 0 Å². The van der Waals surface area contributed by atoms with Crippen molar-refractivity contribution in [1.82, 2.24) is 19.1 Å². The van der Waals surface area contributed by atoms with Crippen LogP contribution in [0.25, 0.3) is 0 Å². The number of aryl methyl sites for hydroxylation is 1. The van der Waals surface area contributed by atoms with Gasteiger partial charge in [0.05, 0.1) is 6.54 Å². The van der Waals surface area contributed by atoms with Gasteiger partial charge in [0.2, 0.25) is 0 Å². The van der Waals surface area contributed by atoms with Gasteiger partial charge in [0.15, 0.2) is 0 Å². The quantitative estimate of drug-likeness (QED) is 0.855. The van der Waals surface area contributed by atoms with Gasteiger partial charge in [-0.05, 0) is 13.3 Å². The third-order valence-corrected chi connectivity index (χ3v) is 3.21. The lowest BCUT2D eigenvalue weighted by molar-refractivity contribution is 0.692. The molecular formula is C11H17N5S. The van der Waals surface area contributed by atoms with E-state index >= 15 is 0 Å². The molecule has 6 heteroatoms. The highest BCUT2D eigenvalue weighted by Gasteiger charge is 2.09. The van der Waals surface area contributed by atoms with Crippen molar-refractivity contribution in [2.75, 3.05) is 11.9 Å². The molecule has 5 nitrogen and oxygen atoms in total. The molecule has 0 atom stereocenters. The smallest absolute Gasteiger partial charge is 0.135 e. The molecule has 2 aromatic rings. The van der Waals surface area contributed by atoms with Crippen molar-refractivity contribution < 1.29 is 0 Å². The molecule has 0 radical (unpaired) electrons. The van der Waals surface area contributed by atoms with Gasteiger partial charge in [0.25, 0.3) is 0 Å². The van der Waals surface area contributed by atoms with Crippen molar-refractivity contribution in [2.24, 2.45) is 0 Å². The monoisotopic (exact) mass is 251 g/mol. The van der Waals surface area contributed by atoms with E-state index in [-0.39, 0.29) is 0 Å². The van der Waals surface area contributed by atoms with E-state index in [1.165, 1.54) is 11.5 Å². The van der Waals surface area contributed by atoms with Gasteiger partial charge in [0.1, 0.15) is 16.5 Å². The Kier molecular flexibility index (Phi) is 4.08. The molecule has 0 aromatic carbocycles. The predicted octanol–water partition coefficient (Wildman–Crippen LogP) is 2.17. The summed E-state index contributed by atoms with van der Waals surface area (Å²) in [5.41, 5.74) is 0.993. The highest BCUT2D eigenvalue weighted by molar-refractivity contribution is 7.10. The summed E-state index contributed by atoms with van der Waals surface area (Å²) in [6, 6.07) is 0. The summed E-state index contributed by atoms with van der Waals surface area (Å²) in [6.07, 6.45) is 5.95. The molecule has 0 aliphatic heterocycles. The molecule has 2 rings (SSSR count). The van der Waals surface area contributed by atoms with Gasteiger partial charge in [-0.25, -0.2) is 4.98 Å². The molecular weight excluding hydrogens is 234 g/mol. The molecule has 0 amide bonds. The van der Waals surface area contributed by atoms with Crippen LogP contribution in [-0.2, 0) is 13.0 Å². The zero-order valence-electron chi connectivity index (χ0n) is 10.2. The van der Waals surface area contributed by atoms with Crippen LogP contribution in [0.2, 0.25) is 0 Å². The minimum atomic E-state index is 0.744. The lowest BCUT2D eigenvalue weighted by Crippen LogP contribution is -2.07. The summed E-state index contributed by atoms with van der Waals surface area (Å²) in [7, 11) is 0. The highest BCUT2D eigenvalue weighted by atomic mass is 32.1. The molecule has 0 fully saturated rings. The van der Waals surface area contributed by atoms with Crippen LogP contribution in [0.5, 0.6) is 0 Å². The number of imidazole rings is 1. The summed E-state index contributed by atoms with van der Waals surface area (Å²) in [4.78, 5) is 4.36. The SMILES string of the molecule is CCCc1nccn1Cc1nnsc1NCC. The van der Waals surface area contributed by atoms with Crippen LogP contribution < -0.4 is 5.32 Å². The van der Waals surface area contributed by atoms with Crippen LogP contribution in [-0.4, -0.2) is 25.7 Å². The molecule has 0 aliphatic carbocycles. The van der Waals surface area contributed by atoms with Gasteiger partial charge in [-0.3, -0.25) is 0 Å². The zero-order chi connectivity index (χ0) is 12.1. The Labute approximate surface area is 105 Å². The van der Waals surface area contributed by atoms with Crippen LogP contribution in [0.4, 0.5) is 5.00 Å². The highest BCUT2D eigenvalue weighted by Crippen LogP contribution is 2.19. The summed E-state index contributed by atoms with van der Waals surface area (Å²) in [5, 5.41) is 8.51.